The number of rotatable bonds is 2. The van der Waals surface area contributed by atoms with Crippen LogP contribution in [0.25, 0.3) is 0 Å². The van der Waals surface area contributed by atoms with Gasteiger partial charge in [0.15, 0.2) is 0 Å². The molecule has 0 heterocycles. The van der Waals surface area contributed by atoms with E-state index in [1.807, 2.05) is 6.92 Å². The topological polar surface area (TPSA) is 66.7 Å². The van der Waals surface area contributed by atoms with Gasteiger partial charge in [-0.05, 0) is 31.9 Å². The Kier molecular flexibility index (Phi) is 4.26. The second kappa shape index (κ2) is 5.78. The minimum atomic E-state index is -3.70. The molecule has 5 heteroatoms. The summed E-state index contributed by atoms with van der Waals surface area (Å²) in [7, 11) is -3.70. The van der Waals surface area contributed by atoms with E-state index < -0.39 is 16.1 Å². The van der Waals surface area contributed by atoms with Gasteiger partial charge in [0.1, 0.15) is 0 Å². The van der Waals surface area contributed by atoms with Crippen LogP contribution in [0.5, 0.6) is 0 Å². The van der Waals surface area contributed by atoms with Gasteiger partial charge in [-0.2, -0.15) is 12.8 Å². The summed E-state index contributed by atoms with van der Waals surface area (Å²) in [6.45, 7) is 1.89. The molecule has 2 rings (SSSR count). The summed E-state index contributed by atoms with van der Waals surface area (Å²) in [6.07, 6.45) is 5.90. The first-order valence-corrected chi connectivity index (χ1v) is 7.90. The number of nitrogens with zero attached hydrogens (tertiary/aromatic N) is 1. The molecule has 1 saturated carbocycles. The van der Waals surface area contributed by atoms with Gasteiger partial charge in [-0.3, -0.25) is 0 Å². The van der Waals surface area contributed by atoms with E-state index in [9.17, 15) is 13.5 Å². The molecule has 0 radical (unpaired) electrons. The Morgan fingerprint density at radius 3 is 2.55 bits per heavy atom. The van der Waals surface area contributed by atoms with E-state index in [1.165, 1.54) is 12.1 Å². The molecule has 1 aromatic carbocycles. The number of aliphatic hydroxyl groups is 1. The Morgan fingerprint density at radius 2 is 2.00 bits per heavy atom. The predicted molar refractivity (Wildman–Crippen MR) is 78.0 cm³/mol. The average Bonchev–Trinajstić information content (AvgIpc) is 2.39. The molecule has 0 aliphatic heterocycles. The summed E-state index contributed by atoms with van der Waals surface area (Å²) in [5.74, 6) is 2.31. The zero-order chi connectivity index (χ0) is 14.8. The summed E-state index contributed by atoms with van der Waals surface area (Å²) in [5.41, 5.74) is 1.48. The highest BCUT2D eigenvalue weighted by Crippen LogP contribution is 2.24. The molecule has 0 saturated heterocycles. The fourth-order valence-electron chi connectivity index (χ4n) is 2.21. The third kappa shape index (κ3) is 3.27. The average molecular weight is 291 g/mol. The molecule has 0 unspecified atom stereocenters. The van der Waals surface area contributed by atoms with Crippen LogP contribution in [0.1, 0.15) is 24.8 Å². The molecule has 106 valence electrons. The van der Waals surface area contributed by atoms with Crippen molar-refractivity contribution in [3.8, 4) is 12.3 Å². The fourth-order valence-corrected chi connectivity index (χ4v) is 3.30. The molecule has 0 spiro atoms. The number of benzene rings is 1. The van der Waals surface area contributed by atoms with Crippen molar-refractivity contribution in [1.82, 2.24) is 0 Å². The van der Waals surface area contributed by atoms with Crippen LogP contribution in [0, 0.1) is 25.2 Å². The third-order valence-corrected chi connectivity index (χ3v) is 4.80. The lowest BCUT2D eigenvalue weighted by atomic mass is 9.86. The molecule has 1 N–H and O–H groups in total. The number of hydrogen-bond donors (Lipinski definition) is 1. The molecule has 1 aliphatic carbocycles. The largest absolute Gasteiger partial charge is 0.391 e. The number of sulfonamides is 1. The van der Waals surface area contributed by atoms with Gasteiger partial charge < -0.3 is 5.11 Å². The van der Waals surface area contributed by atoms with Crippen molar-refractivity contribution < 1.29 is 13.5 Å². The molecule has 0 aromatic heterocycles. The second-order valence-corrected chi connectivity index (χ2v) is 6.63. The lowest BCUT2D eigenvalue weighted by Gasteiger charge is -2.24. The maximum Gasteiger partial charge on any atom is 0.282 e. The monoisotopic (exact) mass is 291 g/mol. The van der Waals surface area contributed by atoms with E-state index in [0.717, 1.165) is 5.56 Å². The van der Waals surface area contributed by atoms with Gasteiger partial charge in [0, 0.05) is 18.1 Å². The van der Waals surface area contributed by atoms with E-state index in [-0.39, 0.29) is 17.2 Å². The first-order valence-electron chi connectivity index (χ1n) is 6.46. The van der Waals surface area contributed by atoms with Crippen LogP contribution in [0.3, 0.4) is 0 Å². The van der Waals surface area contributed by atoms with Crippen molar-refractivity contribution in [3.05, 3.63) is 29.8 Å². The minimum absolute atomic E-state index is 0.171. The molecule has 2 atom stereocenters. The fraction of sp³-hybridized carbons (Fsp3) is 0.400. The first-order chi connectivity index (χ1) is 9.42. The quantitative estimate of drug-likeness (QED) is 0.847. The van der Waals surface area contributed by atoms with Gasteiger partial charge in [-0.15, -0.1) is 12.3 Å². The zero-order valence-electron chi connectivity index (χ0n) is 11.3. The normalized spacial score (nSPS) is 25.4. The molecule has 4 nitrogen and oxygen atoms in total. The van der Waals surface area contributed by atoms with E-state index in [2.05, 4.69) is 10.3 Å². The molecule has 0 amide bonds. The standard InChI is InChI=1S/C15H17NO3S/c1-3-12-6-7-13(10-15(12)17)16-20(18,19)14-8-4-11(2)5-9-14/h1,4-5,8-9,12,15,17H,6-7,10H2,2H3/b16-13+/t12-,15-/m1/s1. The number of aryl methyl sites for hydroxylation is 1. The van der Waals surface area contributed by atoms with E-state index >= 15 is 0 Å². The molecule has 0 bridgehead atoms. The molecular weight excluding hydrogens is 274 g/mol. The lowest BCUT2D eigenvalue weighted by Crippen LogP contribution is -2.29. The molecule has 1 fully saturated rings. The Morgan fingerprint density at radius 1 is 1.35 bits per heavy atom. The highest BCUT2D eigenvalue weighted by molar-refractivity contribution is 7.90. The molecule has 1 aromatic rings. The van der Waals surface area contributed by atoms with Crippen LogP contribution in [0.4, 0.5) is 0 Å². The number of hydrogen-bond acceptors (Lipinski definition) is 3. The van der Waals surface area contributed by atoms with Crippen LogP contribution in [0.15, 0.2) is 33.6 Å². The first kappa shape index (κ1) is 14.8. The highest BCUT2D eigenvalue weighted by atomic mass is 32.2. The Labute approximate surface area is 119 Å². The summed E-state index contributed by atoms with van der Waals surface area (Å²) < 4.78 is 28.2. The van der Waals surface area contributed by atoms with Gasteiger partial charge >= 0.3 is 0 Å². The maximum atomic E-state index is 12.2. The minimum Gasteiger partial charge on any atom is -0.391 e. The van der Waals surface area contributed by atoms with Gasteiger partial charge in [-0.25, -0.2) is 0 Å². The SMILES string of the molecule is C#C[C@@H]1CC/C(=N\S(=O)(=O)c2ccc(C)cc2)C[C@H]1O. The second-order valence-electron chi connectivity index (χ2n) is 5.03. The molecule has 1 aliphatic rings. The van der Waals surface area contributed by atoms with Crippen molar-refractivity contribution in [3.63, 3.8) is 0 Å². The Hall–Kier alpha value is -1.64. The van der Waals surface area contributed by atoms with E-state index in [1.54, 1.807) is 12.1 Å². The molecule has 20 heavy (non-hydrogen) atoms. The van der Waals surface area contributed by atoms with E-state index in [0.29, 0.717) is 18.6 Å². The summed E-state index contributed by atoms with van der Waals surface area (Å²) in [5, 5.41) is 9.82. The Bertz CT molecular complexity index is 653. The summed E-state index contributed by atoms with van der Waals surface area (Å²) in [6, 6.07) is 6.55. The van der Waals surface area contributed by atoms with Crippen LogP contribution >= 0.6 is 0 Å². The van der Waals surface area contributed by atoms with Crippen molar-refractivity contribution in [2.24, 2.45) is 10.3 Å². The smallest absolute Gasteiger partial charge is 0.282 e. The van der Waals surface area contributed by atoms with Gasteiger partial charge in [0.2, 0.25) is 0 Å². The van der Waals surface area contributed by atoms with Crippen LogP contribution in [0.2, 0.25) is 0 Å². The zero-order valence-corrected chi connectivity index (χ0v) is 12.1. The van der Waals surface area contributed by atoms with Crippen LogP contribution in [-0.2, 0) is 10.0 Å². The summed E-state index contributed by atoms with van der Waals surface area (Å²) >= 11 is 0. The summed E-state index contributed by atoms with van der Waals surface area (Å²) in [4.78, 5) is 0.171. The van der Waals surface area contributed by atoms with Crippen molar-refractivity contribution in [2.75, 3.05) is 0 Å². The third-order valence-electron chi connectivity index (χ3n) is 3.44. The van der Waals surface area contributed by atoms with Crippen molar-refractivity contribution >= 4 is 15.7 Å². The van der Waals surface area contributed by atoms with Crippen molar-refractivity contribution in [2.45, 2.75) is 37.2 Å². The van der Waals surface area contributed by atoms with Crippen LogP contribution in [-0.4, -0.2) is 25.3 Å². The number of aliphatic hydroxyl groups excluding tert-OH is 1. The van der Waals surface area contributed by atoms with Gasteiger partial charge in [-0.1, -0.05) is 17.7 Å². The Balaban J connectivity index is 2.22. The lowest BCUT2D eigenvalue weighted by molar-refractivity contribution is 0.129. The van der Waals surface area contributed by atoms with Crippen molar-refractivity contribution in [1.29, 1.82) is 0 Å². The number of terminal acetylenes is 1. The predicted octanol–water partition coefficient (Wildman–Crippen LogP) is 1.92. The maximum absolute atomic E-state index is 12.2. The van der Waals surface area contributed by atoms with Gasteiger partial charge in [0.25, 0.3) is 10.0 Å². The van der Waals surface area contributed by atoms with E-state index in [4.69, 9.17) is 6.42 Å². The molecular formula is C15H17NO3S. The van der Waals surface area contributed by atoms with Gasteiger partial charge in [0.05, 0.1) is 11.0 Å². The highest BCUT2D eigenvalue weighted by Gasteiger charge is 2.26. The van der Waals surface area contributed by atoms with Crippen LogP contribution < -0.4 is 0 Å².